The Hall–Kier alpha value is -5.44. The van der Waals surface area contributed by atoms with Crippen molar-refractivity contribution in [3.05, 3.63) is 75.0 Å². The molecule has 0 saturated carbocycles. The molecule has 0 aliphatic carbocycles. The van der Waals surface area contributed by atoms with Crippen LogP contribution in [0.3, 0.4) is 0 Å². The predicted molar refractivity (Wildman–Crippen MR) is 171 cm³/mol. The van der Waals surface area contributed by atoms with Crippen molar-refractivity contribution in [2.24, 2.45) is 0 Å². The van der Waals surface area contributed by atoms with Crippen molar-refractivity contribution in [1.29, 1.82) is 0 Å². The number of aromatic nitrogens is 7. The number of aromatic carboxylic acids is 1. The highest BCUT2D eigenvalue weighted by molar-refractivity contribution is 14.1. The number of para-hydroxylation sites is 1. The molecule has 4 N–H and O–H groups in total. The number of carbonyl (C=O) groups is 2. The lowest BCUT2D eigenvalue weighted by Crippen LogP contribution is -2.35. The van der Waals surface area contributed by atoms with E-state index < -0.39 is 76.4 Å². The highest BCUT2D eigenvalue weighted by Crippen LogP contribution is 2.23. The van der Waals surface area contributed by atoms with Crippen molar-refractivity contribution in [1.82, 2.24) is 39.3 Å². The van der Waals surface area contributed by atoms with Crippen LogP contribution in [-0.2, 0) is 20.0 Å². The number of aryl methyl sites for hydroxylation is 1. The Kier molecular flexibility index (Phi) is 11.2. The van der Waals surface area contributed by atoms with Crippen LogP contribution in [0.4, 0.5) is 29.6 Å². The Balaban J connectivity index is 0.000000225. The van der Waals surface area contributed by atoms with Crippen molar-refractivity contribution < 1.29 is 54.2 Å². The van der Waals surface area contributed by atoms with E-state index >= 15 is 0 Å². The van der Waals surface area contributed by atoms with Crippen LogP contribution in [0, 0.1) is 27.9 Å². The lowest BCUT2D eigenvalue weighted by atomic mass is 10.2. The van der Waals surface area contributed by atoms with Gasteiger partial charge in [0.15, 0.2) is 11.5 Å². The lowest BCUT2D eigenvalue weighted by Gasteiger charge is -2.10. The third kappa shape index (κ3) is 8.58. The van der Waals surface area contributed by atoms with Gasteiger partial charge in [0.05, 0.1) is 26.0 Å². The van der Waals surface area contributed by atoms with E-state index in [9.17, 15) is 39.6 Å². The molecule has 0 atom stereocenters. The number of hydrogen-bond acceptors (Lipinski definition) is 14. The second-order valence-electron chi connectivity index (χ2n) is 9.12. The number of urea groups is 1. The number of anilines is 2. The summed E-state index contributed by atoms with van der Waals surface area (Å²) in [6.45, 7) is 1.52. The first kappa shape index (κ1) is 37.4. The zero-order valence-corrected chi connectivity index (χ0v) is 29.0. The van der Waals surface area contributed by atoms with E-state index in [-0.39, 0.29) is 23.8 Å². The molecule has 0 saturated heterocycles. The molecule has 0 spiro atoms. The standard InChI is InChI=1S/C13H12IN5O6S.C12H8F3N5O3S/c1-6-15-11(18-13(16-6)25-2)17-12(22)19-26(23,24)9-5-7(14)3-4-8(9)10(20)21;1-23-12-16-5-8(15)10-17-11(18-20(10)12)24(21,22)19-9-6(13)3-2-4-7(9)14/h3-5H,1-2H3,(H,20,21)(H2,15,16,17,18,19,22);2-5,19H,1H3. The molecule has 0 unspecified atom stereocenters. The maximum Gasteiger partial charge on any atom is 0.337 e. The number of carboxylic acid groups (broad SMARTS) is 1. The van der Waals surface area contributed by atoms with Gasteiger partial charge < -0.3 is 14.6 Å². The SMILES string of the molecule is COc1nc(C)nc(NC(=O)NS(=O)(=O)c2cc(I)ccc2C(=O)O)n1.COc1ncc(F)c2nc(S(=O)(=O)Nc3c(F)cccc3F)nn12. The van der Waals surface area contributed by atoms with E-state index in [1.807, 2.05) is 22.6 Å². The Labute approximate surface area is 292 Å². The van der Waals surface area contributed by atoms with E-state index in [1.54, 1.807) is 9.44 Å². The lowest BCUT2D eigenvalue weighted by molar-refractivity contribution is 0.0692. The second-order valence-corrected chi connectivity index (χ2v) is 13.6. The van der Waals surface area contributed by atoms with Crippen molar-refractivity contribution in [3.8, 4) is 12.0 Å². The summed E-state index contributed by atoms with van der Waals surface area (Å²) in [4.78, 5) is 41.1. The maximum atomic E-state index is 13.7. The zero-order valence-electron chi connectivity index (χ0n) is 25.2. The minimum absolute atomic E-state index is 0.0681. The van der Waals surface area contributed by atoms with Crippen LogP contribution < -0.4 is 24.2 Å². The number of ether oxygens (including phenoxy) is 2. The van der Waals surface area contributed by atoms with Gasteiger partial charge in [0.1, 0.15) is 28.0 Å². The van der Waals surface area contributed by atoms with Crippen LogP contribution in [0.1, 0.15) is 16.2 Å². The van der Waals surface area contributed by atoms with Gasteiger partial charge in [-0.2, -0.15) is 32.9 Å². The normalized spacial score (nSPS) is 11.3. The third-order valence-electron chi connectivity index (χ3n) is 5.72. The Morgan fingerprint density at radius 3 is 2.22 bits per heavy atom. The first-order valence-corrected chi connectivity index (χ1v) is 17.1. The quantitative estimate of drug-likeness (QED) is 0.155. The van der Waals surface area contributed by atoms with Crippen molar-refractivity contribution >= 4 is 71.9 Å². The van der Waals surface area contributed by atoms with Crippen LogP contribution in [0.2, 0.25) is 0 Å². The topological polar surface area (TPSA) is 259 Å². The van der Waals surface area contributed by atoms with Crippen LogP contribution in [-0.4, -0.2) is 82.7 Å². The van der Waals surface area contributed by atoms with E-state index in [2.05, 4.69) is 35.3 Å². The van der Waals surface area contributed by atoms with E-state index in [4.69, 9.17) is 14.6 Å². The third-order valence-corrected chi connectivity index (χ3v) is 8.89. The summed E-state index contributed by atoms with van der Waals surface area (Å²) in [6.07, 6.45) is 0.767. The van der Waals surface area contributed by atoms with Gasteiger partial charge in [-0.25, -0.2) is 40.9 Å². The van der Waals surface area contributed by atoms with Gasteiger partial charge in [-0.1, -0.05) is 6.07 Å². The van der Waals surface area contributed by atoms with E-state index in [0.717, 1.165) is 36.5 Å². The molecule has 264 valence electrons. The fraction of sp³-hybridized carbons (Fsp3) is 0.120. The van der Waals surface area contributed by atoms with Crippen molar-refractivity contribution in [2.75, 3.05) is 24.3 Å². The first-order chi connectivity index (χ1) is 23.4. The number of rotatable bonds is 9. The van der Waals surface area contributed by atoms with Crippen LogP contribution >= 0.6 is 22.6 Å². The molecule has 3 heterocycles. The zero-order chi connectivity index (χ0) is 37.0. The van der Waals surface area contributed by atoms with Gasteiger partial charge in [0.2, 0.25) is 5.95 Å². The average Bonchev–Trinajstić information content (AvgIpc) is 3.50. The molecule has 2 aromatic carbocycles. The molecule has 0 aliphatic rings. The number of carbonyl (C=O) groups excluding carboxylic acids is 1. The number of benzene rings is 2. The summed E-state index contributed by atoms with van der Waals surface area (Å²) < 4.78 is 104. The molecule has 5 aromatic rings. The molecule has 0 bridgehead atoms. The van der Waals surface area contributed by atoms with E-state index in [1.165, 1.54) is 27.2 Å². The summed E-state index contributed by atoms with van der Waals surface area (Å²) in [6, 6.07) is 5.04. The summed E-state index contributed by atoms with van der Waals surface area (Å²) in [5.74, 6) is -4.66. The van der Waals surface area contributed by atoms with Gasteiger partial charge in [-0.15, -0.1) is 5.10 Å². The number of carboxylic acids is 1. The number of amides is 2. The summed E-state index contributed by atoms with van der Waals surface area (Å²) in [5.41, 5.74) is -1.85. The molecular weight excluding hydrogens is 832 g/mol. The largest absolute Gasteiger partial charge is 0.478 e. The molecule has 0 aliphatic heterocycles. The fourth-order valence-corrected chi connectivity index (χ4v) is 6.42. The molecule has 2 amide bonds. The molecule has 5 rings (SSSR count). The minimum Gasteiger partial charge on any atom is -0.478 e. The number of methoxy groups -OCH3 is 2. The molecule has 25 heteroatoms. The monoisotopic (exact) mass is 852 g/mol. The fourth-order valence-electron chi connectivity index (χ4n) is 3.64. The highest BCUT2D eigenvalue weighted by Gasteiger charge is 2.27. The Bertz CT molecular complexity index is 2330. The molecule has 19 nitrogen and oxygen atoms in total. The molecule has 3 aromatic heterocycles. The van der Waals surface area contributed by atoms with Crippen LogP contribution in [0.15, 0.2) is 52.6 Å². The van der Waals surface area contributed by atoms with E-state index in [0.29, 0.717) is 8.09 Å². The molecular formula is C25H20F3IN10O9S2. The summed E-state index contributed by atoms with van der Waals surface area (Å²) in [7, 11) is -6.51. The maximum absolute atomic E-state index is 13.7. The predicted octanol–water partition coefficient (Wildman–Crippen LogP) is 2.35. The molecule has 50 heavy (non-hydrogen) atoms. The second kappa shape index (κ2) is 15.0. The summed E-state index contributed by atoms with van der Waals surface area (Å²) in [5, 5.41) is 13.9. The smallest absolute Gasteiger partial charge is 0.337 e. The number of sulfonamides is 2. The average molecular weight is 853 g/mol. The van der Waals surface area contributed by atoms with Crippen molar-refractivity contribution in [3.63, 3.8) is 0 Å². The Morgan fingerprint density at radius 1 is 0.920 bits per heavy atom. The first-order valence-electron chi connectivity index (χ1n) is 13.0. The number of halogens is 4. The molecule has 0 fully saturated rings. The van der Waals surface area contributed by atoms with Gasteiger partial charge in [-0.3, -0.25) is 10.0 Å². The van der Waals surface area contributed by atoms with Crippen LogP contribution in [0.5, 0.6) is 12.0 Å². The molecule has 0 radical (unpaired) electrons. The number of hydrogen-bond donors (Lipinski definition) is 4. The number of nitrogens with one attached hydrogen (secondary N) is 3. The minimum atomic E-state index is -4.58. The van der Waals surface area contributed by atoms with Gasteiger partial charge in [-0.05, 0) is 59.8 Å². The Morgan fingerprint density at radius 2 is 1.60 bits per heavy atom. The van der Waals surface area contributed by atoms with Crippen LogP contribution in [0.25, 0.3) is 5.65 Å². The van der Waals surface area contributed by atoms with Gasteiger partial charge in [0.25, 0.3) is 25.2 Å². The number of nitrogens with zero attached hydrogens (tertiary/aromatic N) is 7. The summed E-state index contributed by atoms with van der Waals surface area (Å²) >= 11 is 1.82. The number of fused-ring (bicyclic) bond motifs is 1. The van der Waals surface area contributed by atoms with Gasteiger partial charge >= 0.3 is 24.0 Å². The highest BCUT2D eigenvalue weighted by atomic mass is 127. The van der Waals surface area contributed by atoms with Gasteiger partial charge in [0, 0.05) is 3.57 Å². The van der Waals surface area contributed by atoms with Crippen molar-refractivity contribution in [2.45, 2.75) is 17.0 Å².